The van der Waals surface area contributed by atoms with Crippen LogP contribution in [-0.2, 0) is 6.54 Å². The van der Waals surface area contributed by atoms with E-state index in [4.69, 9.17) is 0 Å². The van der Waals surface area contributed by atoms with Crippen molar-refractivity contribution in [1.29, 1.82) is 0 Å². The molecule has 5 heteroatoms. The van der Waals surface area contributed by atoms with Crippen LogP contribution in [0, 0.1) is 0 Å². The van der Waals surface area contributed by atoms with E-state index < -0.39 is 0 Å². The third-order valence-corrected chi connectivity index (χ3v) is 6.22. The molecule has 0 fully saturated rings. The van der Waals surface area contributed by atoms with Gasteiger partial charge in [0.1, 0.15) is 0 Å². The molecule has 3 nitrogen and oxygen atoms in total. The highest BCUT2D eigenvalue weighted by molar-refractivity contribution is 7.25. The topological polar surface area (TPSA) is 39.1 Å². The number of fused-ring (bicyclic) bond motifs is 3. The number of aromatic nitrogens is 1. The van der Waals surface area contributed by atoms with Crippen molar-refractivity contribution in [2.24, 2.45) is 0 Å². The third kappa shape index (κ3) is 3.26. The van der Waals surface area contributed by atoms with Crippen LogP contribution in [0.3, 0.4) is 0 Å². The van der Waals surface area contributed by atoms with Gasteiger partial charge in [0.25, 0.3) is 11.1 Å². The Bertz CT molecular complexity index is 853. The Morgan fingerprint density at radius 1 is 0.826 bits per heavy atom. The van der Waals surface area contributed by atoms with Gasteiger partial charge in [-0.1, -0.05) is 39.0 Å². The molecule has 0 N–H and O–H groups in total. The fourth-order valence-electron chi connectivity index (χ4n) is 2.94. The van der Waals surface area contributed by atoms with Gasteiger partial charge < -0.3 is 0 Å². The Hall–Kier alpha value is -1.46. The first-order chi connectivity index (χ1) is 11.2. The Kier molecular flexibility index (Phi) is 5.28. The molecule has 0 atom stereocenters. The molecular weight excluding hydrogens is 326 g/mol. The summed E-state index contributed by atoms with van der Waals surface area (Å²) in [6.07, 6.45) is 6.87. The molecule has 0 aliphatic rings. The van der Waals surface area contributed by atoms with E-state index in [-0.39, 0.29) is 11.1 Å². The van der Waals surface area contributed by atoms with Gasteiger partial charge in [0.15, 0.2) is 0 Å². The molecule has 0 saturated carbocycles. The van der Waals surface area contributed by atoms with Crippen molar-refractivity contribution in [3.63, 3.8) is 0 Å². The van der Waals surface area contributed by atoms with E-state index in [0.29, 0.717) is 17.3 Å². The first-order valence-electron chi connectivity index (χ1n) is 8.25. The molecule has 122 valence electrons. The lowest BCUT2D eigenvalue weighted by Crippen LogP contribution is -2.30. The van der Waals surface area contributed by atoms with E-state index in [1.165, 1.54) is 30.3 Å². The monoisotopic (exact) mass is 347 g/mol. The fraction of sp³-hybridized carbons (Fsp3) is 0.444. The number of hydrogen-bond donors (Lipinski definition) is 0. The quantitative estimate of drug-likeness (QED) is 0.564. The summed E-state index contributed by atoms with van der Waals surface area (Å²) in [7, 11) is 0. The zero-order chi connectivity index (χ0) is 16.2. The molecule has 3 rings (SSSR count). The van der Waals surface area contributed by atoms with Crippen molar-refractivity contribution in [2.75, 3.05) is 0 Å². The van der Waals surface area contributed by atoms with E-state index in [1.807, 2.05) is 22.9 Å². The van der Waals surface area contributed by atoms with E-state index in [1.54, 1.807) is 22.7 Å². The van der Waals surface area contributed by atoms with E-state index in [0.717, 1.165) is 22.2 Å². The minimum atomic E-state index is -0.136. The summed E-state index contributed by atoms with van der Waals surface area (Å²) in [5, 5.41) is 5.22. The number of unbranched alkanes of at least 4 members (excludes halogenated alkanes) is 5. The second-order valence-corrected chi connectivity index (χ2v) is 7.69. The minimum absolute atomic E-state index is 0.136. The lowest BCUT2D eigenvalue weighted by Gasteiger charge is -2.02. The maximum absolute atomic E-state index is 12.8. The van der Waals surface area contributed by atoms with E-state index in [2.05, 4.69) is 6.92 Å². The summed E-state index contributed by atoms with van der Waals surface area (Å²) in [5.74, 6) is 0. The van der Waals surface area contributed by atoms with Gasteiger partial charge in [0.2, 0.25) is 0 Å². The van der Waals surface area contributed by atoms with Crippen LogP contribution in [0.25, 0.3) is 20.2 Å². The summed E-state index contributed by atoms with van der Waals surface area (Å²) in [4.78, 5) is 25.5. The largest absolute Gasteiger partial charge is 0.274 e. The Morgan fingerprint density at radius 2 is 1.35 bits per heavy atom. The number of nitrogens with zero attached hydrogens (tertiary/aromatic N) is 1. The average molecular weight is 348 g/mol. The minimum Gasteiger partial charge on any atom is -0.274 e. The van der Waals surface area contributed by atoms with Crippen molar-refractivity contribution >= 4 is 42.8 Å². The highest BCUT2D eigenvalue weighted by Gasteiger charge is 2.12. The molecule has 0 unspecified atom stereocenters. The number of thiophene rings is 2. The van der Waals surface area contributed by atoms with Gasteiger partial charge in [-0.3, -0.25) is 14.2 Å². The van der Waals surface area contributed by atoms with Crippen LogP contribution in [-0.4, -0.2) is 4.57 Å². The summed E-state index contributed by atoms with van der Waals surface area (Å²) in [6, 6.07) is 3.69. The molecule has 0 aromatic carbocycles. The molecule has 3 aromatic heterocycles. The summed E-state index contributed by atoms with van der Waals surface area (Å²) < 4.78 is 3.33. The average Bonchev–Trinajstić information content (AvgIpc) is 3.19. The van der Waals surface area contributed by atoms with Gasteiger partial charge in [0.05, 0.1) is 20.2 Å². The normalized spacial score (nSPS) is 11.5. The van der Waals surface area contributed by atoms with Crippen LogP contribution in [0.2, 0.25) is 0 Å². The maximum atomic E-state index is 12.8. The SMILES string of the molecule is CCCCCCCCn1c(=O)c2ccsc2c2sccc2c1=O. The Balaban J connectivity index is 1.95. The van der Waals surface area contributed by atoms with Gasteiger partial charge in [-0.15, -0.1) is 22.7 Å². The Labute approximate surface area is 143 Å². The lowest BCUT2D eigenvalue weighted by molar-refractivity contribution is 0.546. The Morgan fingerprint density at radius 3 is 1.91 bits per heavy atom. The van der Waals surface area contributed by atoms with Crippen LogP contribution in [0.1, 0.15) is 45.4 Å². The second-order valence-electron chi connectivity index (χ2n) is 5.86. The summed E-state index contributed by atoms with van der Waals surface area (Å²) in [5.41, 5.74) is -0.272. The van der Waals surface area contributed by atoms with Crippen LogP contribution in [0.15, 0.2) is 32.5 Å². The van der Waals surface area contributed by atoms with Crippen molar-refractivity contribution in [3.05, 3.63) is 43.6 Å². The molecular formula is C18H21NO2S2. The molecule has 0 bridgehead atoms. The van der Waals surface area contributed by atoms with Crippen LogP contribution in [0.4, 0.5) is 0 Å². The van der Waals surface area contributed by atoms with E-state index >= 15 is 0 Å². The predicted octanol–water partition coefficient (Wildman–Crippen LogP) is 5.00. The van der Waals surface area contributed by atoms with Crippen LogP contribution in [0.5, 0.6) is 0 Å². The van der Waals surface area contributed by atoms with Crippen molar-refractivity contribution in [3.8, 4) is 0 Å². The van der Waals surface area contributed by atoms with Crippen LogP contribution >= 0.6 is 22.7 Å². The summed E-state index contributed by atoms with van der Waals surface area (Å²) >= 11 is 3.08. The van der Waals surface area contributed by atoms with Crippen molar-refractivity contribution in [2.45, 2.75) is 52.0 Å². The number of rotatable bonds is 7. The first-order valence-corrected chi connectivity index (χ1v) is 10.0. The molecule has 0 spiro atoms. The predicted molar refractivity (Wildman–Crippen MR) is 101 cm³/mol. The van der Waals surface area contributed by atoms with Gasteiger partial charge in [-0.05, 0) is 29.3 Å². The van der Waals surface area contributed by atoms with Crippen LogP contribution < -0.4 is 11.1 Å². The number of hydrogen-bond acceptors (Lipinski definition) is 4. The van der Waals surface area contributed by atoms with E-state index in [9.17, 15) is 9.59 Å². The third-order valence-electron chi connectivity index (χ3n) is 4.22. The molecule has 23 heavy (non-hydrogen) atoms. The van der Waals surface area contributed by atoms with Gasteiger partial charge in [-0.2, -0.15) is 0 Å². The van der Waals surface area contributed by atoms with Crippen molar-refractivity contribution in [1.82, 2.24) is 4.57 Å². The zero-order valence-electron chi connectivity index (χ0n) is 13.3. The highest BCUT2D eigenvalue weighted by atomic mass is 32.1. The highest BCUT2D eigenvalue weighted by Crippen LogP contribution is 2.28. The molecule has 0 aliphatic carbocycles. The smallest absolute Gasteiger partial charge is 0.262 e. The fourth-order valence-corrected chi connectivity index (χ4v) is 4.91. The standard InChI is InChI=1S/C18H21NO2S2/c1-2-3-4-5-6-7-10-19-17(20)13-8-11-22-15(13)16-14(18(19)21)9-12-23-16/h8-9,11-12H,2-7,10H2,1H3. The molecule has 0 aliphatic heterocycles. The molecule has 3 aromatic rings. The zero-order valence-corrected chi connectivity index (χ0v) is 15.0. The van der Waals surface area contributed by atoms with Crippen molar-refractivity contribution < 1.29 is 0 Å². The van der Waals surface area contributed by atoms with Gasteiger partial charge in [0, 0.05) is 6.54 Å². The van der Waals surface area contributed by atoms with Gasteiger partial charge >= 0.3 is 0 Å². The first kappa shape index (κ1) is 16.4. The molecule has 0 radical (unpaired) electrons. The molecule has 0 amide bonds. The summed E-state index contributed by atoms with van der Waals surface area (Å²) in [6.45, 7) is 2.72. The maximum Gasteiger partial charge on any atom is 0.262 e. The molecule has 0 saturated heterocycles. The van der Waals surface area contributed by atoms with Gasteiger partial charge in [-0.25, -0.2) is 0 Å². The second kappa shape index (κ2) is 7.41. The molecule has 3 heterocycles. The lowest BCUT2D eigenvalue weighted by atomic mass is 10.1.